The predicted molar refractivity (Wildman–Crippen MR) is 86.1 cm³/mol. The second kappa shape index (κ2) is 5.47. The number of imide groups is 1. The van der Waals surface area contributed by atoms with E-state index in [2.05, 4.69) is 5.32 Å². The fraction of sp³-hybridized carbons (Fsp3) is 0.389. The first kappa shape index (κ1) is 14.9. The molecule has 6 nitrogen and oxygen atoms in total. The van der Waals surface area contributed by atoms with Crippen LogP contribution < -0.4 is 10.1 Å². The van der Waals surface area contributed by atoms with Crippen molar-refractivity contribution in [3.63, 3.8) is 0 Å². The molecule has 2 bridgehead atoms. The monoisotopic (exact) mass is 326 g/mol. The van der Waals surface area contributed by atoms with E-state index in [1.54, 1.807) is 31.4 Å². The van der Waals surface area contributed by atoms with Crippen molar-refractivity contribution >= 4 is 23.4 Å². The van der Waals surface area contributed by atoms with Crippen LogP contribution in [0.1, 0.15) is 6.42 Å². The molecule has 0 aromatic heterocycles. The Hall–Kier alpha value is -2.63. The molecule has 0 radical (unpaired) electrons. The molecule has 24 heavy (non-hydrogen) atoms. The number of nitrogens with one attached hydrogen (secondary N) is 1. The quantitative estimate of drug-likeness (QED) is 0.671. The molecule has 2 aliphatic carbocycles. The number of hydrogen-bond donors (Lipinski definition) is 1. The molecule has 1 aliphatic heterocycles. The van der Waals surface area contributed by atoms with E-state index in [9.17, 15) is 14.4 Å². The van der Waals surface area contributed by atoms with Crippen LogP contribution in [0, 0.1) is 23.7 Å². The smallest absolute Gasteiger partial charge is 0.244 e. The van der Waals surface area contributed by atoms with Crippen LogP contribution in [-0.4, -0.2) is 36.3 Å². The number of amides is 3. The van der Waals surface area contributed by atoms with Crippen molar-refractivity contribution in [2.24, 2.45) is 23.7 Å². The van der Waals surface area contributed by atoms with Gasteiger partial charge in [0, 0.05) is 11.8 Å². The van der Waals surface area contributed by atoms with E-state index in [0.717, 1.165) is 11.3 Å². The van der Waals surface area contributed by atoms with Gasteiger partial charge in [-0.15, -0.1) is 0 Å². The number of likely N-dealkylation sites (tertiary alicyclic amines) is 1. The van der Waals surface area contributed by atoms with Gasteiger partial charge in [-0.2, -0.15) is 0 Å². The number of nitrogens with zero attached hydrogens (tertiary/aromatic N) is 1. The van der Waals surface area contributed by atoms with Crippen molar-refractivity contribution in [1.82, 2.24) is 4.90 Å². The molecule has 1 saturated heterocycles. The number of anilines is 1. The van der Waals surface area contributed by atoms with E-state index < -0.39 is 0 Å². The summed E-state index contributed by atoms with van der Waals surface area (Å²) in [6.07, 6.45) is 4.96. The number of carbonyl (C=O) groups is 3. The molecule has 6 heteroatoms. The maximum absolute atomic E-state index is 12.5. The highest BCUT2D eigenvalue weighted by atomic mass is 16.5. The molecule has 124 valence electrons. The van der Waals surface area contributed by atoms with Crippen LogP contribution in [0.2, 0.25) is 0 Å². The Bertz CT molecular complexity index is 727. The standard InChI is InChI=1S/C18H18N2O4/c1-24-13-4-2-3-12(8-13)19-14(21)9-20-17(22)15-10-5-6-11(7-10)16(15)18(20)23/h2-6,8,10-11,15-16H,7,9H2,1H3,(H,19,21)/t10-,11+,15-,16-/m0/s1. The molecule has 4 rings (SSSR count). The molecule has 1 heterocycles. The van der Waals surface area contributed by atoms with Gasteiger partial charge >= 0.3 is 0 Å². The van der Waals surface area contributed by atoms with Gasteiger partial charge in [0.1, 0.15) is 12.3 Å². The van der Waals surface area contributed by atoms with E-state index in [4.69, 9.17) is 4.74 Å². The summed E-state index contributed by atoms with van der Waals surface area (Å²) in [5.74, 6) is -0.395. The van der Waals surface area contributed by atoms with E-state index in [-0.39, 0.29) is 47.9 Å². The van der Waals surface area contributed by atoms with Gasteiger partial charge < -0.3 is 10.1 Å². The fourth-order valence-electron chi connectivity index (χ4n) is 4.16. The molecule has 1 N–H and O–H groups in total. The topological polar surface area (TPSA) is 75.7 Å². The molecule has 2 fully saturated rings. The van der Waals surface area contributed by atoms with Crippen LogP contribution in [0.3, 0.4) is 0 Å². The average molecular weight is 326 g/mol. The summed E-state index contributed by atoms with van der Waals surface area (Å²) in [5, 5.41) is 2.71. The van der Waals surface area contributed by atoms with Gasteiger partial charge in [0.2, 0.25) is 17.7 Å². The van der Waals surface area contributed by atoms with Crippen LogP contribution in [0.4, 0.5) is 5.69 Å². The highest BCUT2D eigenvalue weighted by Gasteiger charge is 2.59. The largest absolute Gasteiger partial charge is 0.497 e. The van der Waals surface area contributed by atoms with E-state index in [1.807, 2.05) is 12.2 Å². The zero-order valence-corrected chi connectivity index (χ0v) is 13.3. The molecule has 0 unspecified atom stereocenters. The molecular formula is C18H18N2O4. The number of rotatable bonds is 4. The third-order valence-corrected chi connectivity index (χ3v) is 5.22. The Balaban J connectivity index is 1.45. The lowest BCUT2D eigenvalue weighted by molar-refractivity contribution is -0.143. The predicted octanol–water partition coefficient (Wildman–Crippen LogP) is 1.44. The second-order valence-electron chi connectivity index (χ2n) is 6.54. The van der Waals surface area contributed by atoms with Gasteiger partial charge in [-0.1, -0.05) is 18.2 Å². The number of benzene rings is 1. The summed E-state index contributed by atoms with van der Waals surface area (Å²) in [5.41, 5.74) is 0.570. The molecule has 3 aliphatic rings. The van der Waals surface area contributed by atoms with Crippen molar-refractivity contribution in [1.29, 1.82) is 0 Å². The SMILES string of the molecule is COc1cccc(NC(=O)CN2C(=O)[C@@H]3[C@@H](C2=O)[C@H]2C=C[C@@H]3C2)c1. The Morgan fingerprint density at radius 2 is 1.88 bits per heavy atom. The van der Waals surface area contributed by atoms with Gasteiger partial charge in [0.05, 0.1) is 18.9 Å². The molecule has 1 aromatic rings. The number of hydrogen-bond acceptors (Lipinski definition) is 4. The van der Waals surface area contributed by atoms with Crippen molar-refractivity contribution in [3.8, 4) is 5.75 Å². The van der Waals surface area contributed by atoms with Crippen LogP contribution in [0.25, 0.3) is 0 Å². The maximum Gasteiger partial charge on any atom is 0.244 e. The lowest BCUT2D eigenvalue weighted by Crippen LogP contribution is -2.39. The number of carbonyl (C=O) groups excluding carboxylic acids is 3. The minimum Gasteiger partial charge on any atom is -0.497 e. The Labute approximate surface area is 139 Å². The first-order valence-electron chi connectivity index (χ1n) is 8.06. The second-order valence-corrected chi connectivity index (χ2v) is 6.54. The van der Waals surface area contributed by atoms with Gasteiger partial charge in [-0.3, -0.25) is 19.3 Å². The third kappa shape index (κ3) is 2.21. The molecule has 3 amide bonds. The van der Waals surface area contributed by atoms with E-state index in [1.165, 1.54) is 0 Å². The Morgan fingerprint density at radius 3 is 2.50 bits per heavy atom. The lowest BCUT2D eigenvalue weighted by atomic mass is 9.85. The number of fused-ring (bicyclic) bond motifs is 5. The zero-order chi connectivity index (χ0) is 16.8. The van der Waals surface area contributed by atoms with Crippen molar-refractivity contribution in [2.75, 3.05) is 19.0 Å². The van der Waals surface area contributed by atoms with Gasteiger partial charge in [0.25, 0.3) is 0 Å². The van der Waals surface area contributed by atoms with Crippen LogP contribution in [0.15, 0.2) is 36.4 Å². The summed E-state index contributed by atoms with van der Waals surface area (Å²) >= 11 is 0. The number of allylic oxidation sites excluding steroid dienone is 2. The minimum atomic E-state index is -0.384. The van der Waals surface area contributed by atoms with E-state index >= 15 is 0 Å². The van der Waals surface area contributed by atoms with Crippen LogP contribution in [0.5, 0.6) is 5.75 Å². The first-order chi connectivity index (χ1) is 11.6. The summed E-state index contributed by atoms with van der Waals surface area (Å²) in [7, 11) is 1.55. The van der Waals surface area contributed by atoms with Crippen molar-refractivity contribution < 1.29 is 19.1 Å². The first-order valence-corrected chi connectivity index (χ1v) is 8.06. The lowest BCUT2D eigenvalue weighted by Gasteiger charge is -2.17. The summed E-state index contributed by atoms with van der Waals surface area (Å²) < 4.78 is 5.11. The van der Waals surface area contributed by atoms with Gasteiger partial charge in [-0.05, 0) is 30.4 Å². The minimum absolute atomic E-state index is 0.155. The maximum atomic E-state index is 12.5. The van der Waals surface area contributed by atoms with Gasteiger partial charge in [-0.25, -0.2) is 0 Å². The highest BCUT2D eigenvalue weighted by Crippen LogP contribution is 2.52. The van der Waals surface area contributed by atoms with Crippen LogP contribution >= 0.6 is 0 Å². The summed E-state index contributed by atoms with van der Waals surface area (Å²) in [4.78, 5) is 38.5. The molecule has 1 aromatic carbocycles. The molecule has 1 saturated carbocycles. The molecule has 4 atom stereocenters. The average Bonchev–Trinajstić information content (AvgIpc) is 3.25. The summed E-state index contributed by atoms with van der Waals surface area (Å²) in [6, 6.07) is 6.94. The molecule has 0 spiro atoms. The van der Waals surface area contributed by atoms with Crippen molar-refractivity contribution in [3.05, 3.63) is 36.4 Å². The highest BCUT2D eigenvalue weighted by molar-refractivity contribution is 6.09. The number of ether oxygens (including phenoxy) is 1. The fourth-order valence-corrected chi connectivity index (χ4v) is 4.16. The number of methoxy groups -OCH3 is 1. The van der Waals surface area contributed by atoms with Crippen LogP contribution in [-0.2, 0) is 14.4 Å². The third-order valence-electron chi connectivity index (χ3n) is 5.22. The normalized spacial score (nSPS) is 30.0. The zero-order valence-electron chi connectivity index (χ0n) is 13.3. The van der Waals surface area contributed by atoms with Crippen molar-refractivity contribution in [2.45, 2.75) is 6.42 Å². The van der Waals surface area contributed by atoms with E-state index in [0.29, 0.717) is 11.4 Å². The Kier molecular flexibility index (Phi) is 3.40. The molecular weight excluding hydrogens is 308 g/mol. The Morgan fingerprint density at radius 1 is 1.21 bits per heavy atom. The summed E-state index contributed by atoms with van der Waals surface area (Å²) in [6.45, 7) is -0.235. The van der Waals surface area contributed by atoms with Gasteiger partial charge in [0.15, 0.2) is 0 Å².